The van der Waals surface area contributed by atoms with E-state index in [4.69, 9.17) is 56.8 Å². The van der Waals surface area contributed by atoms with Crippen molar-refractivity contribution < 1.29 is 208 Å². The number of Topliss-reactive ketones (excluding diaryl/α,β-unsaturated/α-hetero) is 1. The van der Waals surface area contributed by atoms with Crippen LogP contribution in [0.4, 0.5) is 0 Å². The fourth-order valence-electron chi connectivity index (χ4n) is 17.8. The summed E-state index contributed by atoms with van der Waals surface area (Å²) in [6, 6.07) is -7.19. The summed E-state index contributed by atoms with van der Waals surface area (Å²) in [5.41, 5.74) is 0. The molecular weight excluding hydrogens is 1760 g/mol. The molecule has 6 aliphatic heterocycles. The molecule has 35 unspecified atom stereocenters. The summed E-state index contributed by atoms with van der Waals surface area (Å²) in [7, 11) is 0. The molecule has 132 heavy (non-hydrogen) atoms. The van der Waals surface area contributed by atoms with E-state index in [-0.39, 0.29) is 12.8 Å². The number of carboxylic acid groups (broad SMARTS) is 3. The Bertz CT molecular complexity index is 3440. The first kappa shape index (κ1) is 115. The Balaban J connectivity index is 1.33. The maximum atomic E-state index is 14.4. The van der Waals surface area contributed by atoms with Gasteiger partial charge in [0.25, 0.3) is 17.4 Å². The number of amides is 4. The van der Waals surface area contributed by atoms with E-state index in [0.29, 0.717) is 12.8 Å². The Hall–Kier alpha value is -5.28. The number of unbranched alkanes of at least 4 members (excludes halogenated alkanes) is 22. The third-order valence-corrected chi connectivity index (χ3v) is 25.1. The molecule has 26 N–H and O–H groups in total. The Morgan fingerprint density at radius 3 is 1.18 bits per heavy atom. The van der Waals surface area contributed by atoms with E-state index in [2.05, 4.69) is 35.1 Å². The number of aliphatic carboxylic acids is 3. The molecule has 0 saturated carbocycles. The number of nitrogens with one attached hydrogen (secondary N) is 4. The van der Waals surface area contributed by atoms with Gasteiger partial charge in [-0.3, -0.25) is 19.2 Å². The van der Waals surface area contributed by atoms with E-state index in [1.807, 2.05) is 0 Å². The van der Waals surface area contributed by atoms with Gasteiger partial charge >= 0.3 is 17.9 Å². The van der Waals surface area contributed by atoms with Gasteiger partial charge in [-0.1, -0.05) is 162 Å². The van der Waals surface area contributed by atoms with Gasteiger partial charge in [0.05, 0.1) is 101 Å². The van der Waals surface area contributed by atoms with Gasteiger partial charge in [-0.2, -0.15) is 0 Å². The van der Waals surface area contributed by atoms with Gasteiger partial charge in [-0.15, -0.1) is 0 Å². The minimum absolute atomic E-state index is 0.106. The second-order valence-electron chi connectivity index (χ2n) is 35.7. The summed E-state index contributed by atoms with van der Waals surface area (Å²) < 4.78 is 71.9. The maximum absolute atomic E-state index is 14.4. The molecule has 6 heterocycles. The molecule has 766 valence electrons. The monoisotopic (exact) mass is 1910 g/mol. The molecule has 0 aliphatic carbocycles. The lowest BCUT2D eigenvalue weighted by Crippen LogP contribution is -2.72. The van der Waals surface area contributed by atoms with Gasteiger partial charge in [0.2, 0.25) is 23.6 Å². The lowest BCUT2D eigenvalue weighted by Gasteiger charge is -2.53. The van der Waals surface area contributed by atoms with Crippen molar-refractivity contribution in [3.05, 3.63) is 0 Å². The first-order chi connectivity index (χ1) is 62.6. The van der Waals surface area contributed by atoms with Crippen molar-refractivity contribution in [2.75, 3.05) is 46.2 Å². The molecular formula is C86H150N4O42. The van der Waals surface area contributed by atoms with E-state index >= 15 is 0 Å². The predicted molar refractivity (Wildman–Crippen MR) is 451 cm³/mol. The van der Waals surface area contributed by atoms with Crippen LogP contribution >= 0.6 is 0 Å². The van der Waals surface area contributed by atoms with Crippen molar-refractivity contribution in [2.45, 2.75) is 441 Å². The van der Waals surface area contributed by atoms with E-state index in [0.717, 1.165) is 111 Å². The summed E-state index contributed by atoms with van der Waals surface area (Å²) in [5, 5.41) is 261. The van der Waals surface area contributed by atoms with Gasteiger partial charge in [0.1, 0.15) is 122 Å². The summed E-state index contributed by atoms with van der Waals surface area (Å²) in [6.07, 6.45) is -40.9. The number of carbonyl (C=O) groups excluding carboxylic acids is 5. The number of hydrogen-bond acceptors (Lipinski definition) is 39. The van der Waals surface area contributed by atoms with Crippen LogP contribution in [0.2, 0.25) is 0 Å². The van der Waals surface area contributed by atoms with Crippen molar-refractivity contribution in [3.63, 3.8) is 0 Å². The summed E-state index contributed by atoms with van der Waals surface area (Å²) in [4.78, 5) is 107. The summed E-state index contributed by atoms with van der Waals surface area (Å²) in [6.45, 7) is -0.561. The molecule has 6 saturated heterocycles. The topological polar surface area (TPSA) is 741 Å². The fraction of sp³-hybridized carbons (Fsp3) is 0.907. The van der Waals surface area contributed by atoms with Gasteiger partial charge in [-0.25, -0.2) is 14.4 Å². The highest BCUT2D eigenvalue weighted by atomic mass is 16.8. The van der Waals surface area contributed by atoms with Crippen LogP contribution in [-0.4, -0.2) is 413 Å². The number of aliphatic hydroxyl groups excluding tert-OH is 19. The molecule has 46 nitrogen and oxygen atoms in total. The molecule has 0 aromatic carbocycles. The van der Waals surface area contributed by atoms with Crippen LogP contribution in [0, 0.1) is 5.92 Å². The average molecular weight is 1910 g/mol. The zero-order chi connectivity index (χ0) is 98.1. The second-order valence-corrected chi connectivity index (χ2v) is 35.7. The van der Waals surface area contributed by atoms with Crippen molar-refractivity contribution in [3.8, 4) is 0 Å². The number of rotatable bonds is 61. The zero-order valence-electron chi connectivity index (χ0n) is 76.1. The standard InChI is InChI=1S/C86H150N4O42/c1-7-9-11-13-15-17-19-20-22-23-25-27-29-31-50(101)49(90-60(106)32-30-28-26-24-21-18-16-14-12-10-8-2)43-121-79-70(113)69(112)72(58(41-95)123-79)125-80-71(114)77(73(59(42-96)124-80)126-78-48(33-44(3)97)64(107)66(109)55(38-92)122-78)132-86(83(119)120)36-53(104)63(89-47(6)100)76(131-86)68(111)57(40-94)128-85(82(117)118)35-52(103)62(88-46(5)99)75(130-85)67(110)56(39-93)127-84(81(115)116)34-51(102)61(87-45(4)98)74(129-84)65(108)54(105)37-91/h48-59,61-80,91-96,101-105,107-114H,7-43H2,1-6H3,(H,87,98)(H,88,99)(H,89,100)(H,90,106)(H,115,116)(H,117,118)(H,119,120). The Morgan fingerprint density at radius 1 is 0.402 bits per heavy atom. The third-order valence-electron chi connectivity index (χ3n) is 25.1. The van der Waals surface area contributed by atoms with Gasteiger partial charge in [0.15, 0.2) is 18.9 Å². The lowest BCUT2D eigenvalue weighted by atomic mass is 9.86. The normalized spacial score (nSPS) is 34.6. The highest BCUT2D eigenvalue weighted by Gasteiger charge is 2.65. The molecule has 0 radical (unpaired) electrons. The van der Waals surface area contributed by atoms with Crippen LogP contribution in [0.15, 0.2) is 0 Å². The quantitative estimate of drug-likeness (QED) is 0.0254. The molecule has 46 heteroatoms. The van der Waals surface area contributed by atoms with E-state index in [1.54, 1.807) is 0 Å². The minimum Gasteiger partial charge on any atom is -0.477 e. The first-order valence-electron chi connectivity index (χ1n) is 46.4. The van der Waals surface area contributed by atoms with Crippen LogP contribution in [0.25, 0.3) is 0 Å². The number of aliphatic hydroxyl groups is 19. The molecule has 6 fully saturated rings. The molecule has 6 rings (SSSR count). The minimum atomic E-state index is -3.70. The Kier molecular flexibility index (Phi) is 49.6. The number of ketones is 1. The summed E-state index contributed by atoms with van der Waals surface area (Å²) in [5.74, 6) is -23.5. The van der Waals surface area contributed by atoms with Crippen molar-refractivity contribution in [2.24, 2.45) is 5.92 Å². The number of hydrogen-bond donors (Lipinski definition) is 26. The Morgan fingerprint density at radius 2 is 0.780 bits per heavy atom. The smallest absolute Gasteiger partial charge is 0.364 e. The predicted octanol–water partition coefficient (Wildman–Crippen LogP) is -4.76. The average Bonchev–Trinajstić information content (AvgIpc) is 0.742. The Labute approximate surface area is 766 Å². The van der Waals surface area contributed by atoms with Crippen molar-refractivity contribution in [1.82, 2.24) is 21.3 Å². The van der Waals surface area contributed by atoms with E-state index in [1.165, 1.54) is 57.8 Å². The first-order valence-corrected chi connectivity index (χ1v) is 46.4. The van der Waals surface area contributed by atoms with Crippen LogP contribution in [0.1, 0.15) is 234 Å². The van der Waals surface area contributed by atoms with E-state index < -0.39 is 332 Å². The van der Waals surface area contributed by atoms with Gasteiger partial charge in [-0.05, 0) is 19.8 Å². The number of ether oxygens (including phenoxy) is 12. The van der Waals surface area contributed by atoms with Crippen LogP contribution in [-0.2, 0) is 95.2 Å². The molecule has 4 amide bonds. The van der Waals surface area contributed by atoms with Crippen LogP contribution in [0.5, 0.6) is 0 Å². The lowest BCUT2D eigenvalue weighted by molar-refractivity contribution is -0.404. The number of carboxylic acids is 3. The third kappa shape index (κ3) is 32.4. The van der Waals surface area contributed by atoms with Gasteiger partial charge in [0, 0.05) is 58.8 Å². The maximum Gasteiger partial charge on any atom is 0.364 e. The molecule has 0 aromatic heterocycles. The van der Waals surface area contributed by atoms with E-state index in [9.17, 15) is 151 Å². The van der Waals surface area contributed by atoms with Gasteiger partial charge < -0.3 is 195 Å². The molecule has 0 spiro atoms. The van der Waals surface area contributed by atoms with Crippen molar-refractivity contribution in [1.29, 1.82) is 0 Å². The van der Waals surface area contributed by atoms with Crippen LogP contribution in [0.3, 0.4) is 0 Å². The van der Waals surface area contributed by atoms with Crippen molar-refractivity contribution >= 4 is 47.3 Å². The van der Waals surface area contributed by atoms with Crippen LogP contribution < -0.4 is 21.3 Å². The molecule has 0 aromatic rings. The SMILES string of the molecule is CCCCCCCCCCCCCCCC(O)C(COC1OC(CO)C(OC2OC(CO)C(OC3OC(CO)C(O)C(O)C3CC(C)=O)C(OC3(C(=O)O)CC(O)C(NC(C)=O)C(C(O)C(CO)OC4(C(=O)O)CC(O)C(NC(C)=O)C(C(O)C(CO)OC5(C(=O)O)CC(O)C(NC(C)=O)C(C(O)C(O)CO)O5)O4)O3)C2O)C(O)C1O)NC(=O)CCCCCCCCCCCCC. The fourth-order valence-corrected chi connectivity index (χ4v) is 17.8. The highest BCUT2D eigenvalue weighted by Crippen LogP contribution is 2.45. The largest absolute Gasteiger partial charge is 0.477 e. The zero-order valence-corrected chi connectivity index (χ0v) is 76.1. The molecule has 6 aliphatic rings. The summed E-state index contributed by atoms with van der Waals surface area (Å²) >= 11 is 0. The number of carbonyl (C=O) groups is 8. The molecule has 35 atom stereocenters. The second kappa shape index (κ2) is 56.7. The highest BCUT2D eigenvalue weighted by molar-refractivity contribution is 5.79. The molecule has 0 bridgehead atoms.